The van der Waals surface area contributed by atoms with Crippen LogP contribution in [-0.4, -0.2) is 28.1 Å². The normalized spacial score (nSPS) is 19.5. The summed E-state index contributed by atoms with van der Waals surface area (Å²) in [5.74, 6) is 0. The van der Waals surface area contributed by atoms with Crippen LogP contribution in [0.3, 0.4) is 0 Å². The second-order valence-electron chi connectivity index (χ2n) is 4.31. The average Bonchev–Trinajstić information content (AvgIpc) is 2.36. The standard InChI is InChI=1S/C12H19N3O2S/c1-2-14-18(16,17)15-9-12-11-6-4-3-5-10(11)7-8-13-12/h3-6,12-15H,2,7-9H2,1H3. The first-order valence-electron chi connectivity index (χ1n) is 6.18. The third-order valence-corrected chi connectivity index (χ3v) is 4.24. The quantitative estimate of drug-likeness (QED) is 0.721. The number of nitrogens with one attached hydrogen (secondary N) is 3. The van der Waals surface area contributed by atoms with Gasteiger partial charge in [0.15, 0.2) is 0 Å². The monoisotopic (exact) mass is 269 g/mol. The van der Waals surface area contributed by atoms with Crippen molar-refractivity contribution in [1.82, 2.24) is 14.8 Å². The van der Waals surface area contributed by atoms with Crippen molar-refractivity contribution in [2.24, 2.45) is 0 Å². The molecular formula is C12H19N3O2S. The number of rotatable bonds is 5. The first-order chi connectivity index (χ1) is 8.62. The molecule has 0 aromatic heterocycles. The predicted octanol–water partition coefficient (Wildman–Crippen LogP) is 0.317. The van der Waals surface area contributed by atoms with E-state index in [9.17, 15) is 8.42 Å². The Morgan fingerprint density at radius 3 is 2.89 bits per heavy atom. The van der Waals surface area contributed by atoms with Gasteiger partial charge in [-0.2, -0.15) is 8.42 Å². The first-order valence-corrected chi connectivity index (χ1v) is 7.66. The van der Waals surface area contributed by atoms with E-state index < -0.39 is 10.2 Å². The molecule has 0 fully saturated rings. The highest BCUT2D eigenvalue weighted by Gasteiger charge is 2.20. The van der Waals surface area contributed by atoms with Gasteiger partial charge in [0.25, 0.3) is 10.2 Å². The number of fused-ring (bicyclic) bond motifs is 1. The van der Waals surface area contributed by atoms with Gasteiger partial charge in [-0.15, -0.1) is 0 Å². The molecule has 1 atom stereocenters. The molecule has 2 rings (SSSR count). The van der Waals surface area contributed by atoms with Crippen LogP contribution in [-0.2, 0) is 16.6 Å². The molecule has 1 heterocycles. The minimum Gasteiger partial charge on any atom is -0.308 e. The fraction of sp³-hybridized carbons (Fsp3) is 0.500. The smallest absolute Gasteiger partial charge is 0.276 e. The molecule has 1 aromatic rings. The minimum atomic E-state index is -3.37. The molecule has 5 nitrogen and oxygen atoms in total. The summed E-state index contributed by atoms with van der Waals surface area (Å²) in [5.41, 5.74) is 2.48. The fourth-order valence-electron chi connectivity index (χ4n) is 2.21. The van der Waals surface area contributed by atoms with E-state index in [1.54, 1.807) is 6.92 Å². The Bertz CT molecular complexity index is 502. The molecule has 0 saturated carbocycles. The van der Waals surface area contributed by atoms with E-state index in [0.717, 1.165) is 13.0 Å². The zero-order chi connectivity index (χ0) is 13.0. The Balaban J connectivity index is 2.04. The molecule has 0 bridgehead atoms. The van der Waals surface area contributed by atoms with Crippen LogP contribution < -0.4 is 14.8 Å². The van der Waals surface area contributed by atoms with Gasteiger partial charge in [-0.25, -0.2) is 9.44 Å². The summed E-state index contributed by atoms with van der Waals surface area (Å²) in [7, 11) is -3.37. The maximum Gasteiger partial charge on any atom is 0.276 e. The Morgan fingerprint density at radius 1 is 1.33 bits per heavy atom. The average molecular weight is 269 g/mol. The molecule has 1 aliphatic rings. The summed E-state index contributed by atoms with van der Waals surface area (Å²) in [5, 5.41) is 3.34. The van der Waals surface area contributed by atoms with Crippen LogP contribution in [0.5, 0.6) is 0 Å². The summed E-state index contributed by atoms with van der Waals surface area (Å²) in [6.45, 7) is 3.40. The van der Waals surface area contributed by atoms with Crippen LogP contribution in [0.4, 0.5) is 0 Å². The SMILES string of the molecule is CCNS(=O)(=O)NCC1NCCc2ccccc21. The van der Waals surface area contributed by atoms with Crippen molar-refractivity contribution in [3.8, 4) is 0 Å². The molecule has 1 aliphatic heterocycles. The van der Waals surface area contributed by atoms with E-state index in [1.165, 1.54) is 11.1 Å². The molecule has 0 aliphatic carbocycles. The summed E-state index contributed by atoms with van der Waals surface area (Å²) in [6, 6.07) is 8.19. The second kappa shape index (κ2) is 5.79. The lowest BCUT2D eigenvalue weighted by atomic mass is 9.95. The van der Waals surface area contributed by atoms with Crippen LogP contribution in [0.25, 0.3) is 0 Å². The van der Waals surface area contributed by atoms with Crippen LogP contribution in [0.15, 0.2) is 24.3 Å². The summed E-state index contributed by atoms with van der Waals surface area (Å²) in [4.78, 5) is 0. The summed E-state index contributed by atoms with van der Waals surface area (Å²) >= 11 is 0. The summed E-state index contributed by atoms with van der Waals surface area (Å²) in [6.07, 6.45) is 0.993. The summed E-state index contributed by atoms with van der Waals surface area (Å²) < 4.78 is 28.1. The molecular weight excluding hydrogens is 250 g/mol. The van der Waals surface area contributed by atoms with Gasteiger partial charge in [-0.05, 0) is 24.1 Å². The van der Waals surface area contributed by atoms with Gasteiger partial charge < -0.3 is 5.32 Å². The van der Waals surface area contributed by atoms with E-state index in [2.05, 4.69) is 20.8 Å². The highest BCUT2D eigenvalue weighted by Crippen LogP contribution is 2.21. The fourth-order valence-corrected chi connectivity index (χ4v) is 3.08. The van der Waals surface area contributed by atoms with Crippen molar-refractivity contribution in [2.75, 3.05) is 19.6 Å². The molecule has 0 radical (unpaired) electrons. The molecule has 18 heavy (non-hydrogen) atoms. The Morgan fingerprint density at radius 2 is 2.11 bits per heavy atom. The van der Waals surface area contributed by atoms with Gasteiger partial charge in [-0.3, -0.25) is 0 Å². The Kier molecular flexibility index (Phi) is 4.34. The number of hydrogen-bond donors (Lipinski definition) is 3. The van der Waals surface area contributed by atoms with Gasteiger partial charge in [0.1, 0.15) is 0 Å². The van der Waals surface area contributed by atoms with Crippen LogP contribution >= 0.6 is 0 Å². The number of hydrogen-bond acceptors (Lipinski definition) is 3. The third kappa shape index (κ3) is 3.29. The molecule has 3 N–H and O–H groups in total. The lowest BCUT2D eigenvalue weighted by Gasteiger charge is -2.27. The van der Waals surface area contributed by atoms with Crippen LogP contribution in [0.1, 0.15) is 24.1 Å². The van der Waals surface area contributed by atoms with Crippen molar-refractivity contribution in [3.63, 3.8) is 0 Å². The van der Waals surface area contributed by atoms with Gasteiger partial charge in [0.05, 0.1) is 0 Å². The van der Waals surface area contributed by atoms with Gasteiger partial charge in [0, 0.05) is 19.1 Å². The van der Waals surface area contributed by atoms with Crippen LogP contribution in [0.2, 0.25) is 0 Å². The van der Waals surface area contributed by atoms with Crippen molar-refractivity contribution in [3.05, 3.63) is 35.4 Å². The zero-order valence-corrected chi connectivity index (χ0v) is 11.3. The largest absolute Gasteiger partial charge is 0.308 e. The minimum absolute atomic E-state index is 0.0448. The molecule has 1 unspecified atom stereocenters. The van der Waals surface area contributed by atoms with E-state index in [0.29, 0.717) is 13.1 Å². The van der Waals surface area contributed by atoms with Gasteiger partial charge in [-0.1, -0.05) is 31.2 Å². The third-order valence-electron chi connectivity index (χ3n) is 3.03. The van der Waals surface area contributed by atoms with E-state index in [-0.39, 0.29) is 6.04 Å². The maximum absolute atomic E-state index is 11.5. The second-order valence-corrected chi connectivity index (χ2v) is 5.89. The molecule has 6 heteroatoms. The zero-order valence-electron chi connectivity index (χ0n) is 10.4. The van der Waals surface area contributed by atoms with E-state index >= 15 is 0 Å². The van der Waals surface area contributed by atoms with Gasteiger partial charge in [0.2, 0.25) is 0 Å². The molecule has 1 aromatic carbocycles. The lowest BCUT2D eigenvalue weighted by Crippen LogP contribution is -2.43. The van der Waals surface area contributed by atoms with Crippen molar-refractivity contribution >= 4 is 10.2 Å². The van der Waals surface area contributed by atoms with Gasteiger partial charge >= 0.3 is 0 Å². The molecule has 0 saturated heterocycles. The molecule has 0 amide bonds. The topological polar surface area (TPSA) is 70.2 Å². The van der Waals surface area contributed by atoms with Crippen molar-refractivity contribution in [2.45, 2.75) is 19.4 Å². The molecule has 0 spiro atoms. The van der Waals surface area contributed by atoms with E-state index in [4.69, 9.17) is 0 Å². The van der Waals surface area contributed by atoms with Crippen molar-refractivity contribution in [1.29, 1.82) is 0 Å². The Hall–Kier alpha value is -0.950. The van der Waals surface area contributed by atoms with Crippen LogP contribution in [0, 0.1) is 0 Å². The highest BCUT2D eigenvalue weighted by molar-refractivity contribution is 7.87. The predicted molar refractivity (Wildman–Crippen MR) is 71.5 cm³/mol. The first kappa shape index (κ1) is 13.5. The highest BCUT2D eigenvalue weighted by atomic mass is 32.2. The maximum atomic E-state index is 11.5. The molecule has 100 valence electrons. The Labute approximate surface area is 108 Å². The van der Waals surface area contributed by atoms with Crippen molar-refractivity contribution < 1.29 is 8.42 Å². The lowest BCUT2D eigenvalue weighted by molar-refractivity contribution is 0.489. The van der Waals surface area contributed by atoms with E-state index in [1.807, 2.05) is 18.2 Å². The number of benzene rings is 1.